The molecule has 2 N–H and O–H groups in total. The lowest BCUT2D eigenvalue weighted by Gasteiger charge is -2.28. The molecule has 1 aromatic heterocycles. The number of esters is 1. The van der Waals surface area contributed by atoms with Crippen molar-refractivity contribution in [1.82, 2.24) is 20.2 Å². The zero-order valence-electron chi connectivity index (χ0n) is 16.8. The summed E-state index contributed by atoms with van der Waals surface area (Å²) in [5, 5.41) is 24.5. The molecular weight excluding hydrogens is 402 g/mol. The molecule has 1 aliphatic rings. The number of ether oxygens (including phenoxy) is 2. The van der Waals surface area contributed by atoms with E-state index < -0.39 is 17.8 Å². The fourth-order valence-corrected chi connectivity index (χ4v) is 3.41. The molecule has 0 saturated heterocycles. The number of tetrazole rings is 1. The fourth-order valence-electron chi connectivity index (χ4n) is 3.41. The summed E-state index contributed by atoms with van der Waals surface area (Å²) in [6, 6.07) is 12.3. The Morgan fingerprint density at radius 2 is 1.97 bits per heavy atom. The average molecular weight is 421 g/mol. The highest BCUT2D eigenvalue weighted by molar-refractivity contribution is 6.14. The number of methoxy groups -OCH3 is 1. The van der Waals surface area contributed by atoms with Gasteiger partial charge in [0.1, 0.15) is 11.7 Å². The van der Waals surface area contributed by atoms with E-state index in [0.717, 1.165) is 0 Å². The molecule has 0 spiro atoms. The minimum absolute atomic E-state index is 0.0513. The minimum atomic E-state index is -0.868. The SMILES string of the molecule is CCOc1cc([C@@H]2C(C(=O)c3ccccc3)=C(C(=O)OC)Nc3nnnn32)ccc1O. The van der Waals surface area contributed by atoms with Gasteiger partial charge in [-0.25, -0.2) is 4.79 Å². The van der Waals surface area contributed by atoms with Gasteiger partial charge < -0.3 is 19.9 Å². The molecule has 10 heteroatoms. The number of fused-ring (bicyclic) bond motifs is 1. The number of allylic oxidation sites excluding steroid dienone is 1. The Morgan fingerprint density at radius 3 is 2.68 bits per heavy atom. The molecule has 0 unspecified atom stereocenters. The number of hydrogen-bond acceptors (Lipinski definition) is 9. The Hall–Kier alpha value is -4.21. The summed E-state index contributed by atoms with van der Waals surface area (Å²) in [6.07, 6.45) is 0. The number of phenolic OH excluding ortho intramolecular Hbond substituents is 1. The second-order valence-electron chi connectivity index (χ2n) is 6.61. The van der Waals surface area contributed by atoms with Crippen LogP contribution in [0.5, 0.6) is 11.5 Å². The van der Waals surface area contributed by atoms with Crippen LogP contribution in [-0.4, -0.2) is 50.8 Å². The van der Waals surface area contributed by atoms with Gasteiger partial charge in [0.15, 0.2) is 17.3 Å². The van der Waals surface area contributed by atoms with Crippen LogP contribution in [0, 0.1) is 0 Å². The summed E-state index contributed by atoms with van der Waals surface area (Å²) < 4.78 is 11.8. The molecule has 158 valence electrons. The molecular formula is C21H19N5O5. The number of nitrogens with zero attached hydrogens (tertiary/aromatic N) is 4. The zero-order valence-corrected chi connectivity index (χ0v) is 16.8. The first-order chi connectivity index (χ1) is 15.0. The first kappa shape index (κ1) is 20.1. The first-order valence-electron chi connectivity index (χ1n) is 9.48. The number of Topliss-reactive ketones (excluding diaryl/α,β-unsaturated/α-hetero) is 1. The lowest BCUT2D eigenvalue weighted by molar-refractivity contribution is -0.136. The van der Waals surface area contributed by atoms with Gasteiger partial charge in [0, 0.05) is 5.56 Å². The number of benzene rings is 2. The Balaban J connectivity index is 1.95. The smallest absolute Gasteiger partial charge is 0.355 e. The summed E-state index contributed by atoms with van der Waals surface area (Å²) in [7, 11) is 1.22. The van der Waals surface area contributed by atoms with Crippen molar-refractivity contribution in [3.05, 3.63) is 70.9 Å². The summed E-state index contributed by atoms with van der Waals surface area (Å²) >= 11 is 0. The van der Waals surface area contributed by atoms with Gasteiger partial charge in [0.25, 0.3) is 0 Å². The standard InChI is InChI=1S/C21H19N5O5/c1-3-31-15-11-13(9-10-14(15)27)18-16(19(28)12-7-5-4-6-8-12)17(20(29)30-2)22-21-23-24-25-26(18)21/h4-11,18,27H,3H2,1-2H3,(H,22,23,25)/t18-/m1/s1. The van der Waals surface area contributed by atoms with Crippen LogP contribution >= 0.6 is 0 Å². The number of aromatic nitrogens is 4. The predicted molar refractivity (Wildman–Crippen MR) is 109 cm³/mol. The molecule has 31 heavy (non-hydrogen) atoms. The molecule has 1 atom stereocenters. The van der Waals surface area contributed by atoms with E-state index in [9.17, 15) is 14.7 Å². The molecule has 2 heterocycles. The van der Waals surface area contributed by atoms with E-state index in [2.05, 4.69) is 20.8 Å². The topological polar surface area (TPSA) is 128 Å². The number of carbonyl (C=O) groups excluding carboxylic acids is 2. The van der Waals surface area contributed by atoms with Crippen LogP contribution in [0.25, 0.3) is 0 Å². The number of rotatable bonds is 6. The summed E-state index contributed by atoms with van der Waals surface area (Å²) in [5.41, 5.74) is 0.962. The van der Waals surface area contributed by atoms with Crippen LogP contribution < -0.4 is 10.1 Å². The normalized spacial score (nSPS) is 15.1. The third-order valence-corrected chi connectivity index (χ3v) is 4.79. The predicted octanol–water partition coefficient (Wildman–Crippen LogP) is 2.10. The van der Waals surface area contributed by atoms with Crippen molar-refractivity contribution >= 4 is 17.7 Å². The maximum atomic E-state index is 13.6. The van der Waals surface area contributed by atoms with Crippen LogP contribution in [0.15, 0.2) is 59.8 Å². The van der Waals surface area contributed by atoms with E-state index in [4.69, 9.17) is 9.47 Å². The van der Waals surface area contributed by atoms with Crippen LogP contribution in [-0.2, 0) is 9.53 Å². The summed E-state index contributed by atoms with van der Waals surface area (Å²) in [6.45, 7) is 2.12. The van der Waals surface area contributed by atoms with E-state index in [0.29, 0.717) is 17.7 Å². The molecule has 0 bridgehead atoms. The Bertz CT molecular complexity index is 1170. The largest absolute Gasteiger partial charge is 0.504 e. The van der Waals surface area contributed by atoms with E-state index >= 15 is 0 Å². The van der Waals surface area contributed by atoms with Gasteiger partial charge in [0.2, 0.25) is 5.95 Å². The molecule has 0 aliphatic carbocycles. The van der Waals surface area contributed by atoms with Gasteiger partial charge in [-0.2, -0.15) is 4.68 Å². The Labute approximate surface area is 177 Å². The molecule has 1 aliphatic heterocycles. The molecule has 10 nitrogen and oxygen atoms in total. The number of hydrogen-bond donors (Lipinski definition) is 2. The number of anilines is 1. The monoisotopic (exact) mass is 421 g/mol. The number of nitrogens with one attached hydrogen (secondary N) is 1. The van der Waals surface area contributed by atoms with Crippen LogP contribution in [0.4, 0.5) is 5.95 Å². The van der Waals surface area contributed by atoms with Crippen molar-refractivity contribution < 1.29 is 24.2 Å². The molecule has 0 saturated carbocycles. The van der Waals surface area contributed by atoms with Gasteiger partial charge in [-0.05, 0) is 35.0 Å². The Morgan fingerprint density at radius 1 is 1.19 bits per heavy atom. The van der Waals surface area contributed by atoms with Crippen molar-refractivity contribution in [2.45, 2.75) is 13.0 Å². The van der Waals surface area contributed by atoms with E-state index in [-0.39, 0.29) is 28.7 Å². The second-order valence-corrected chi connectivity index (χ2v) is 6.61. The van der Waals surface area contributed by atoms with Crippen LogP contribution in [0.2, 0.25) is 0 Å². The van der Waals surface area contributed by atoms with Gasteiger partial charge >= 0.3 is 5.97 Å². The zero-order chi connectivity index (χ0) is 22.0. The number of phenols is 1. The highest BCUT2D eigenvalue weighted by Gasteiger charge is 2.38. The number of aromatic hydroxyl groups is 1. The van der Waals surface area contributed by atoms with Crippen LogP contribution in [0.3, 0.4) is 0 Å². The summed E-state index contributed by atoms with van der Waals surface area (Å²) in [5.74, 6) is -0.780. The Kier molecular flexibility index (Phi) is 5.35. The highest BCUT2D eigenvalue weighted by atomic mass is 16.5. The van der Waals surface area contributed by atoms with Crippen molar-refractivity contribution in [2.24, 2.45) is 0 Å². The number of ketones is 1. The molecule has 2 aromatic carbocycles. The van der Waals surface area contributed by atoms with Gasteiger partial charge in [-0.3, -0.25) is 4.79 Å². The van der Waals surface area contributed by atoms with Crippen LogP contribution in [0.1, 0.15) is 28.9 Å². The average Bonchev–Trinajstić information content (AvgIpc) is 3.27. The van der Waals surface area contributed by atoms with E-state index in [1.54, 1.807) is 49.4 Å². The minimum Gasteiger partial charge on any atom is -0.504 e. The fraction of sp³-hybridized carbons (Fsp3) is 0.190. The quantitative estimate of drug-likeness (QED) is 0.454. The molecule has 0 fully saturated rings. The van der Waals surface area contributed by atoms with Crippen molar-refractivity contribution in [3.63, 3.8) is 0 Å². The maximum Gasteiger partial charge on any atom is 0.355 e. The molecule has 3 aromatic rings. The van der Waals surface area contributed by atoms with Crippen molar-refractivity contribution in [3.8, 4) is 11.5 Å². The van der Waals surface area contributed by atoms with E-state index in [1.165, 1.54) is 17.9 Å². The van der Waals surface area contributed by atoms with E-state index in [1.807, 2.05) is 0 Å². The summed E-state index contributed by atoms with van der Waals surface area (Å²) in [4.78, 5) is 26.2. The molecule has 0 amide bonds. The van der Waals surface area contributed by atoms with Gasteiger partial charge in [-0.1, -0.05) is 41.5 Å². The molecule has 0 radical (unpaired) electrons. The van der Waals surface area contributed by atoms with Crippen molar-refractivity contribution in [2.75, 3.05) is 19.0 Å². The lowest BCUT2D eigenvalue weighted by Crippen LogP contribution is -2.33. The van der Waals surface area contributed by atoms with Gasteiger partial charge in [0.05, 0.1) is 19.3 Å². The maximum absolute atomic E-state index is 13.6. The lowest BCUT2D eigenvalue weighted by atomic mass is 9.89. The molecule has 4 rings (SSSR count). The van der Waals surface area contributed by atoms with Gasteiger partial charge in [-0.15, -0.1) is 0 Å². The van der Waals surface area contributed by atoms with Crippen molar-refractivity contribution in [1.29, 1.82) is 0 Å². The highest BCUT2D eigenvalue weighted by Crippen LogP contribution is 2.39. The first-order valence-corrected chi connectivity index (χ1v) is 9.48. The third-order valence-electron chi connectivity index (χ3n) is 4.79. The second kappa shape index (κ2) is 8.27. The third kappa shape index (κ3) is 3.59. The number of carbonyl (C=O) groups is 2.